The van der Waals surface area contributed by atoms with E-state index in [0.29, 0.717) is 0 Å². The minimum atomic E-state index is 0.764. The summed E-state index contributed by atoms with van der Waals surface area (Å²) < 4.78 is 4.11. The summed E-state index contributed by atoms with van der Waals surface area (Å²) >= 11 is 7.38. The molecule has 64 valence electrons. The SMILES string of the molecule is Clc1ccc2[nH]c3sncc3c2c1. The maximum absolute atomic E-state index is 5.91. The highest BCUT2D eigenvalue weighted by Gasteiger charge is 2.05. The summed E-state index contributed by atoms with van der Waals surface area (Å²) in [6.07, 6.45) is 1.87. The largest absolute Gasteiger partial charge is 0.345 e. The Labute approximate surface area is 83.3 Å². The van der Waals surface area contributed by atoms with Crippen LogP contribution in [-0.2, 0) is 0 Å². The van der Waals surface area contributed by atoms with Crippen molar-refractivity contribution in [1.29, 1.82) is 0 Å². The molecule has 0 saturated heterocycles. The van der Waals surface area contributed by atoms with E-state index in [-0.39, 0.29) is 0 Å². The summed E-state index contributed by atoms with van der Waals surface area (Å²) in [6, 6.07) is 5.84. The number of hydrogen-bond acceptors (Lipinski definition) is 2. The molecule has 0 fully saturated rings. The molecule has 0 aliphatic heterocycles. The zero-order valence-corrected chi connectivity index (χ0v) is 8.12. The third kappa shape index (κ3) is 0.975. The molecule has 0 radical (unpaired) electrons. The van der Waals surface area contributed by atoms with Crippen LogP contribution in [0.1, 0.15) is 0 Å². The molecule has 0 amide bonds. The van der Waals surface area contributed by atoms with E-state index in [9.17, 15) is 0 Å². The Morgan fingerprint density at radius 3 is 3.15 bits per heavy atom. The Hall–Kier alpha value is -1.06. The maximum atomic E-state index is 5.91. The molecule has 0 aliphatic carbocycles. The minimum absolute atomic E-state index is 0.764. The highest BCUT2D eigenvalue weighted by atomic mass is 35.5. The molecular weight excluding hydrogens is 204 g/mol. The van der Waals surface area contributed by atoms with Crippen LogP contribution in [0.15, 0.2) is 24.4 Å². The smallest absolute Gasteiger partial charge is 0.121 e. The van der Waals surface area contributed by atoms with E-state index in [1.807, 2.05) is 24.4 Å². The summed E-state index contributed by atoms with van der Waals surface area (Å²) in [5.41, 5.74) is 1.12. The summed E-state index contributed by atoms with van der Waals surface area (Å²) in [4.78, 5) is 4.39. The van der Waals surface area contributed by atoms with Crippen LogP contribution in [0.5, 0.6) is 0 Å². The lowest BCUT2D eigenvalue weighted by molar-refractivity contribution is 1.58. The van der Waals surface area contributed by atoms with Crippen LogP contribution in [0.2, 0.25) is 5.02 Å². The molecule has 3 aromatic rings. The summed E-state index contributed by atoms with van der Waals surface area (Å²) in [7, 11) is 0. The summed E-state index contributed by atoms with van der Waals surface area (Å²) in [6.45, 7) is 0. The monoisotopic (exact) mass is 208 g/mol. The van der Waals surface area contributed by atoms with Gasteiger partial charge in [0.15, 0.2) is 0 Å². The molecule has 1 aromatic carbocycles. The predicted molar refractivity (Wildman–Crippen MR) is 56.5 cm³/mol. The quantitative estimate of drug-likeness (QED) is 0.603. The van der Waals surface area contributed by atoms with Crippen molar-refractivity contribution >= 4 is 44.3 Å². The van der Waals surface area contributed by atoms with E-state index in [1.54, 1.807) is 0 Å². The molecule has 0 saturated carbocycles. The first-order chi connectivity index (χ1) is 6.34. The van der Waals surface area contributed by atoms with Gasteiger partial charge < -0.3 is 4.98 Å². The van der Waals surface area contributed by atoms with Crippen LogP contribution >= 0.6 is 23.1 Å². The van der Waals surface area contributed by atoms with Gasteiger partial charge in [-0.1, -0.05) is 11.6 Å². The average molecular weight is 209 g/mol. The minimum Gasteiger partial charge on any atom is -0.345 e. The third-order valence-corrected chi connectivity index (χ3v) is 3.04. The van der Waals surface area contributed by atoms with Crippen molar-refractivity contribution in [2.75, 3.05) is 0 Å². The van der Waals surface area contributed by atoms with Crippen LogP contribution < -0.4 is 0 Å². The Kier molecular flexibility index (Phi) is 1.39. The van der Waals surface area contributed by atoms with Gasteiger partial charge in [-0.25, -0.2) is 0 Å². The number of rotatable bonds is 0. The van der Waals surface area contributed by atoms with E-state index < -0.39 is 0 Å². The van der Waals surface area contributed by atoms with Gasteiger partial charge in [0.05, 0.1) is 6.20 Å². The standard InChI is InChI=1S/C9H5ClN2S/c10-5-1-2-8-6(3-5)7-4-11-13-9(7)12-8/h1-4,12H. The third-order valence-electron chi connectivity index (χ3n) is 2.09. The van der Waals surface area contributed by atoms with Crippen LogP contribution in [0.3, 0.4) is 0 Å². The van der Waals surface area contributed by atoms with Crippen molar-refractivity contribution in [3.05, 3.63) is 29.4 Å². The number of aromatic nitrogens is 2. The molecule has 2 nitrogen and oxygen atoms in total. The summed E-state index contributed by atoms with van der Waals surface area (Å²) in [5, 5.41) is 3.07. The zero-order valence-electron chi connectivity index (χ0n) is 6.54. The molecule has 0 unspecified atom stereocenters. The lowest BCUT2D eigenvalue weighted by Crippen LogP contribution is -1.67. The van der Waals surface area contributed by atoms with Gasteiger partial charge in [-0.15, -0.1) is 0 Å². The van der Waals surface area contributed by atoms with Crippen LogP contribution in [0, 0.1) is 0 Å². The first-order valence-corrected chi connectivity index (χ1v) is 5.01. The molecule has 13 heavy (non-hydrogen) atoms. The number of nitrogens with zero attached hydrogens (tertiary/aromatic N) is 1. The molecule has 3 rings (SSSR count). The van der Waals surface area contributed by atoms with Crippen molar-refractivity contribution in [2.24, 2.45) is 0 Å². The van der Waals surface area contributed by atoms with Crippen LogP contribution in [-0.4, -0.2) is 9.36 Å². The Morgan fingerprint density at radius 1 is 1.31 bits per heavy atom. The molecule has 2 heterocycles. The van der Waals surface area contributed by atoms with Crippen molar-refractivity contribution in [1.82, 2.24) is 9.36 Å². The van der Waals surface area contributed by atoms with Crippen LogP contribution in [0.25, 0.3) is 21.1 Å². The predicted octanol–water partition coefficient (Wildman–Crippen LogP) is 3.43. The molecule has 2 aromatic heterocycles. The number of fused-ring (bicyclic) bond motifs is 3. The van der Waals surface area contributed by atoms with Gasteiger partial charge >= 0.3 is 0 Å². The number of benzene rings is 1. The van der Waals surface area contributed by atoms with Crippen molar-refractivity contribution in [3.63, 3.8) is 0 Å². The number of H-pyrrole nitrogens is 1. The molecule has 0 aliphatic rings. The second-order valence-corrected chi connectivity index (χ2v) is 4.12. The van der Waals surface area contributed by atoms with Gasteiger partial charge in [0.2, 0.25) is 0 Å². The number of nitrogens with one attached hydrogen (secondary N) is 1. The van der Waals surface area contributed by atoms with E-state index >= 15 is 0 Å². The fourth-order valence-corrected chi connectivity index (χ4v) is 2.34. The van der Waals surface area contributed by atoms with E-state index in [4.69, 9.17) is 11.6 Å². The lowest BCUT2D eigenvalue weighted by Gasteiger charge is -1.89. The molecule has 0 spiro atoms. The van der Waals surface area contributed by atoms with Crippen LogP contribution in [0.4, 0.5) is 0 Å². The fourth-order valence-electron chi connectivity index (χ4n) is 1.49. The van der Waals surface area contributed by atoms with E-state index in [1.165, 1.54) is 11.5 Å². The number of halogens is 1. The molecular formula is C9H5ClN2S. The Balaban J connectivity index is 2.61. The zero-order chi connectivity index (χ0) is 8.84. The average Bonchev–Trinajstić information content (AvgIpc) is 2.64. The van der Waals surface area contributed by atoms with E-state index in [0.717, 1.165) is 26.1 Å². The van der Waals surface area contributed by atoms with Gasteiger partial charge in [0.25, 0.3) is 0 Å². The summed E-state index contributed by atoms with van der Waals surface area (Å²) in [5.74, 6) is 0. The van der Waals surface area contributed by atoms with E-state index in [2.05, 4.69) is 9.36 Å². The Morgan fingerprint density at radius 2 is 2.23 bits per heavy atom. The van der Waals surface area contributed by atoms with Gasteiger partial charge in [-0.05, 0) is 29.7 Å². The van der Waals surface area contributed by atoms with Gasteiger partial charge in [0, 0.05) is 21.3 Å². The Bertz CT molecular complexity index is 581. The second-order valence-electron chi connectivity index (χ2n) is 2.88. The normalized spacial score (nSPS) is 11.5. The highest BCUT2D eigenvalue weighted by Crippen LogP contribution is 2.29. The number of aromatic amines is 1. The molecule has 0 bridgehead atoms. The first-order valence-electron chi connectivity index (χ1n) is 3.86. The molecule has 4 heteroatoms. The second kappa shape index (κ2) is 2.47. The molecule has 1 N–H and O–H groups in total. The van der Waals surface area contributed by atoms with Crippen molar-refractivity contribution in [3.8, 4) is 0 Å². The molecule has 0 atom stereocenters. The number of hydrogen-bond donors (Lipinski definition) is 1. The van der Waals surface area contributed by atoms with Gasteiger partial charge in [-0.3, -0.25) is 0 Å². The first kappa shape index (κ1) is 7.35. The van der Waals surface area contributed by atoms with Gasteiger partial charge in [-0.2, -0.15) is 4.37 Å². The lowest BCUT2D eigenvalue weighted by atomic mass is 10.2. The maximum Gasteiger partial charge on any atom is 0.121 e. The van der Waals surface area contributed by atoms with Crippen molar-refractivity contribution < 1.29 is 0 Å². The fraction of sp³-hybridized carbons (Fsp3) is 0. The van der Waals surface area contributed by atoms with Gasteiger partial charge in [0.1, 0.15) is 4.83 Å². The topological polar surface area (TPSA) is 28.7 Å². The highest BCUT2D eigenvalue weighted by molar-refractivity contribution is 7.13. The van der Waals surface area contributed by atoms with Crippen molar-refractivity contribution in [2.45, 2.75) is 0 Å².